The molecule has 14 aromatic rings. The van der Waals surface area contributed by atoms with Gasteiger partial charge >= 0.3 is 0 Å². The molecule has 0 saturated carbocycles. The van der Waals surface area contributed by atoms with Crippen molar-refractivity contribution in [3.63, 3.8) is 0 Å². The minimum Gasteiger partial charge on any atom is -0.311 e. The Morgan fingerprint density at radius 2 is 0.634 bits per heavy atom. The Kier molecular flexibility index (Phi) is 9.97. The lowest BCUT2D eigenvalue weighted by Gasteiger charge is -2.26. The van der Waals surface area contributed by atoms with Crippen LogP contribution in [-0.4, -0.2) is 0 Å². The second-order valence-electron chi connectivity index (χ2n) is 18.4. The topological polar surface area (TPSA) is 3.24 Å². The predicted molar refractivity (Wildman–Crippen MR) is 309 cm³/mol. The molecule has 12 aromatic carbocycles. The molecule has 0 atom stereocenters. The molecule has 0 amide bonds. The molecule has 0 aliphatic carbocycles. The van der Waals surface area contributed by atoms with Gasteiger partial charge in [-0.2, -0.15) is 0 Å². The third-order valence-corrected chi connectivity index (χ3v) is 16.7. The normalized spacial score (nSPS) is 11.7. The van der Waals surface area contributed by atoms with Crippen molar-refractivity contribution in [3.05, 3.63) is 261 Å². The van der Waals surface area contributed by atoms with E-state index in [2.05, 4.69) is 266 Å². The summed E-state index contributed by atoms with van der Waals surface area (Å²) >= 11 is 3.76. The van der Waals surface area contributed by atoms with Crippen molar-refractivity contribution in [2.75, 3.05) is 4.90 Å². The molecular weight excluding hydrogens is 895 g/mol. The highest BCUT2D eigenvalue weighted by molar-refractivity contribution is 7.26. The van der Waals surface area contributed by atoms with Gasteiger partial charge in [0.15, 0.2) is 0 Å². The summed E-state index contributed by atoms with van der Waals surface area (Å²) in [6.45, 7) is 0. The molecule has 0 N–H and O–H groups in total. The molecule has 0 aliphatic heterocycles. The first-order valence-corrected chi connectivity index (χ1v) is 25.9. The first-order chi connectivity index (χ1) is 35.2. The fourth-order valence-electron chi connectivity index (χ4n) is 10.8. The Bertz CT molecular complexity index is 4160. The van der Waals surface area contributed by atoms with Gasteiger partial charge in [-0.3, -0.25) is 0 Å². The minimum absolute atomic E-state index is 1.09. The zero-order valence-electron chi connectivity index (χ0n) is 38.6. The number of fused-ring (bicyclic) bond motifs is 9. The lowest BCUT2D eigenvalue weighted by Crippen LogP contribution is -2.09. The van der Waals surface area contributed by atoms with Crippen molar-refractivity contribution >= 4 is 102 Å². The fourth-order valence-corrected chi connectivity index (χ4v) is 13.3. The zero-order chi connectivity index (χ0) is 46.8. The molecule has 1 nitrogen and oxygen atoms in total. The summed E-state index contributed by atoms with van der Waals surface area (Å²) in [5.41, 5.74) is 15.4. The highest BCUT2D eigenvalue weighted by atomic mass is 32.1. The summed E-state index contributed by atoms with van der Waals surface area (Å²) < 4.78 is 5.29. The molecule has 332 valence electrons. The van der Waals surface area contributed by atoms with E-state index in [9.17, 15) is 0 Å². The maximum Gasteiger partial charge on any atom is 0.0462 e. The standard InChI is InChI=1S/C68H43NS2/c1-2-14-44(15-3-1)49-40-50(42-51(41-49)64-43-48-16-4-5-17-55(48)58-18-6-7-19-59(58)64)45-28-34-52(35-29-45)69(53-36-30-46(31-37-53)56-22-12-24-62-60-20-8-10-26-65(60)70-67(56)62)54-38-32-47(33-39-54)57-23-13-25-63-61-21-9-11-27-66(61)71-68(57)63/h1-43H. The van der Waals surface area contributed by atoms with E-state index in [-0.39, 0.29) is 0 Å². The van der Waals surface area contributed by atoms with Gasteiger partial charge in [0.1, 0.15) is 0 Å². The van der Waals surface area contributed by atoms with E-state index in [0.717, 1.165) is 22.6 Å². The van der Waals surface area contributed by atoms with E-state index in [1.807, 2.05) is 22.7 Å². The minimum atomic E-state index is 1.09. The highest BCUT2D eigenvalue weighted by Crippen LogP contribution is 2.45. The molecule has 0 radical (unpaired) electrons. The average Bonchev–Trinajstić information content (AvgIpc) is 4.03. The van der Waals surface area contributed by atoms with Crippen molar-refractivity contribution in [3.8, 4) is 55.6 Å². The van der Waals surface area contributed by atoms with Crippen molar-refractivity contribution in [1.29, 1.82) is 0 Å². The molecule has 2 aromatic heterocycles. The Labute approximate surface area is 420 Å². The van der Waals surface area contributed by atoms with E-state index in [1.54, 1.807) is 0 Å². The molecule has 0 saturated heterocycles. The van der Waals surface area contributed by atoms with Crippen LogP contribution in [0.5, 0.6) is 0 Å². The van der Waals surface area contributed by atoms with E-state index in [0.29, 0.717) is 0 Å². The predicted octanol–water partition coefficient (Wildman–Crippen LogP) is 20.5. The number of hydrogen-bond donors (Lipinski definition) is 0. The number of nitrogens with zero attached hydrogens (tertiary/aromatic N) is 1. The molecule has 0 unspecified atom stereocenters. The van der Waals surface area contributed by atoms with Crippen LogP contribution in [0.2, 0.25) is 0 Å². The van der Waals surface area contributed by atoms with Crippen LogP contribution in [0.4, 0.5) is 17.1 Å². The zero-order valence-corrected chi connectivity index (χ0v) is 40.2. The number of anilines is 3. The molecule has 0 aliphatic rings. The third-order valence-electron chi connectivity index (χ3n) is 14.3. The first kappa shape index (κ1) is 41.4. The number of benzene rings is 12. The smallest absolute Gasteiger partial charge is 0.0462 e. The van der Waals surface area contributed by atoms with Gasteiger partial charge in [0.25, 0.3) is 0 Å². The van der Waals surface area contributed by atoms with Crippen molar-refractivity contribution in [1.82, 2.24) is 0 Å². The van der Waals surface area contributed by atoms with Gasteiger partial charge in [-0.05, 0) is 150 Å². The second kappa shape index (κ2) is 17.1. The van der Waals surface area contributed by atoms with Crippen LogP contribution >= 0.6 is 22.7 Å². The van der Waals surface area contributed by atoms with Gasteiger partial charge in [-0.25, -0.2) is 0 Å². The van der Waals surface area contributed by atoms with Crippen LogP contribution < -0.4 is 4.90 Å². The molecule has 2 heterocycles. The van der Waals surface area contributed by atoms with E-state index >= 15 is 0 Å². The molecule has 71 heavy (non-hydrogen) atoms. The number of rotatable bonds is 8. The highest BCUT2D eigenvalue weighted by Gasteiger charge is 2.18. The summed E-state index contributed by atoms with van der Waals surface area (Å²) in [7, 11) is 0. The van der Waals surface area contributed by atoms with Crippen molar-refractivity contribution < 1.29 is 0 Å². The summed E-state index contributed by atoms with van der Waals surface area (Å²) in [5, 5.41) is 10.3. The number of thiophene rings is 2. The molecular formula is C68H43NS2. The Morgan fingerprint density at radius 3 is 1.18 bits per heavy atom. The van der Waals surface area contributed by atoms with Crippen LogP contribution in [0.25, 0.3) is 118 Å². The Hall–Kier alpha value is -8.60. The van der Waals surface area contributed by atoms with Crippen LogP contribution in [0, 0.1) is 0 Å². The van der Waals surface area contributed by atoms with E-state index in [4.69, 9.17) is 0 Å². The maximum atomic E-state index is 2.39. The van der Waals surface area contributed by atoms with E-state index < -0.39 is 0 Å². The molecule has 0 spiro atoms. The van der Waals surface area contributed by atoms with E-state index in [1.165, 1.54) is 112 Å². The SMILES string of the molecule is c1ccc(-c2cc(-c3ccc(N(c4ccc(-c5cccc6c5sc5ccccc56)cc4)c4ccc(-c5cccc6c5sc5ccccc56)cc4)cc3)cc(-c3cc4ccccc4c4ccccc34)c2)cc1. The van der Waals surface area contributed by atoms with Crippen LogP contribution in [-0.2, 0) is 0 Å². The molecule has 3 heteroatoms. The summed E-state index contributed by atoms with van der Waals surface area (Å²) in [5.74, 6) is 0. The van der Waals surface area contributed by atoms with Crippen molar-refractivity contribution in [2.24, 2.45) is 0 Å². The molecule has 0 bridgehead atoms. The van der Waals surface area contributed by atoms with Crippen LogP contribution in [0.3, 0.4) is 0 Å². The molecule has 14 rings (SSSR count). The first-order valence-electron chi connectivity index (χ1n) is 24.2. The van der Waals surface area contributed by atoms with Gasteiger partial charge < -0.3 is 4.90 Å². The average molecular weight is 938 g/mol. The quantitative estimate of drug-likeness (QED) is 0.137. The van der Waals surface area contributed by atoms with Gasteiger partial charge in [0, 0.05) is 57.4 Å². The summed E-state index contributed by atoms with van der Waals surface area (Å²) in [4.78, 5) is 2.39. The molecule has 0 fully saturated rings. The lowest BCUT2D eigenvalue weighted by molar-refractivity contribution is 1.28. The second-order valence-corrected chi connectivity index (χ2v) is 20.5. The number of hydrogen-bond acceptors (Lipinski definition) is 3. The summed E-state index contributed by atoms with van der Waals surface area (Å²) in [6.07, 6.45) is 0. The lowest BCUT2D eigenvalue weighted by atomic mass is 9.89. The monoisotopic (exact) mass is 937 g/mol. The third kappa shape index (κ3) is 7.21. The fraction of sp³-hybridized carbons (Fsp3) is 0. The maximum absolute atomic E-state index is 2.39. The van der Waals surface area contributed by atoms with Gasteiger partial charge in [0.2, 0.25) is 0 Å². The Morgan fingerprint density at radius 1 is 0.225 bits per heavy atom. The summed E-state index contributed by atoms with van der Waals surface area (Å²) in [6, 6.07) is 96.2. The van der Waals surface area contributed by atoms with Crippen molar-refractivity contribution in [2.45, 2.75) is 0 Å². The van der Waals surface area contributed by atoms with Gasteiger partial charge in [0.05, 0.1) is 0 Å². The van der Waals surface area contributed by atoms with Crippen LogP contribution in [0.1, 0.15) is 0 Å². The van der Waals surface area contributed by atoms with Gasteiger partial charge in [-0.1, -0.05) is 188 Å². The largest absolute Gasteiger partial charge is 0.311 e. The van der Waals surface area contributed by atoms with Gasteiger partial charge in [-0.15, -0.1) is 22.7 Å². The Balaban J connectivity index is 0.883. The van der Waals surface area contributed by atoms with Crippen LogP contribution in [0.15, 0.2) is 261 Å².